The number of hydrogen-bond donors (Lipinski definition) is 0. The van der Waals surface area contributed by atoms with Crippen LogP contribution >= 0.6 is 30.3 Å². The third-order valence-corrected chi connectivity index (χ3v) is 4.30. The lowest BCUT2D eigenvalue weighted by Gasteiger charge is -2.26. The van der Waals surface area contributed by atoms with Gasteiger partial charge in [0.1, 0.15) is 5.76 Å². The Bertz CT molecular complexity index is 395. The summed E-state index contributed by atoms with van der Waals surface area (Å²) in [6, 6.07) is 0. The lowest BCUT2D eigenvalue weighted by Crippen LogP contribution is -2.12. The summed E-state index contributed by atoms with van der Waals surface area (Å²) in [5, 5.41) is 0. The van der Waals surface area contributed by atoms with E-state index in [-0.39, 0.29) is 0 Å². The Morgan fingerprint density at radius 2 is 2.27 bits per heavy atom. The highest BCUT2D eigenvalue weighted by Crippen LogP contribution is 2.37. The highest BCUT2D eigenvalue weighted by molar-refractivity contribution is 14.2. The second-order valence-electron chi connectivity index (χ2n) is 3.48. The summed E-state index contributed by atoms with van der Waals surface area (Å²) < 4.78 is 7.48. The minimum absolute atomic E-state index is 0.924. The number of fused-ring (bicyclic) bond motifs is 2. The smallest absolute Gasteiger partial charge is 0.119 e. The highest BCUT2D eigenvalue weighted by atomic mass is 127. The molecule has 0 atom stereocenters. The first-order valence-corrected chi connectivity index (χ1v) is 7.98. The molecule has 0 saturated heterocycles. The Hall–Kier alpha value is -0.360. The SMILES string of the molecule is COC1=CC=C2CC(=C1)C(C)=CN2SI. The predicted molar refractivity (Wildman–Crippen MR) is 73.1 cm³/mol. The molecule has 2 aliphatic rings. The standard InChI is InChI=1S/C11H12INOS/c1-8-7-13(15-12)10-3-4-11(14-2)6-9(8)5-10/h3-4,6-7H,5H2,1-2H3. The zero-order chi connectivity index (χ0) is 10.8. The van der Waals surface area contributed by atoms with Crippen molar-refractivity contribution >= 4 is 30.3 Å². The second-order valence-corrected chi connectivity index (χ2v) is 5.20. The summed E-state index contributed by atoms with van der Waals surface area (Å²) in [4.78, 5) is 0. The molecular weight excluding hydrogens is 321 g/mol. The van der Waals surface area contributed by atoms with Crippen molar-refractivity contribution in [3.63, 3.8) is 0 Å². The summed E-state index contributed by atoms with van der Waals surface area (Å²) in [5.74, 6) is 0.924. The molecule has 2 nitrogen and oxygen atoms in total. The number of allylic oxidation sites excluding steroid dienone is 5. The summed E-state index contributed by atoms with van der Waals surface area (Å²) in [6.45, 7) is 2.14. The molecule has 2 rings (SSSR count). The van der Waals surface area contributed by atoms with E-state index in [1.807, 2.05) is 6.08 Å². The molecule has 2 bridgehead atoms. The fourth-order valence-corrected chi connectivity index (χ4v) is 3.15. The van der Waals surface area contributed by atoms with Gasteiger partial charge in [-0.3, -0.25) is 4.31 Å². The van der Waals surface area contributed by atoms with E-state index < -0.39 is 0 Å². The molecule has 0 radical (unpaired) electrons. The fourth-order valence-electron chi connectivity index (χ4n) is 1.64. The van der Waals surface area contributed by atoms with Crippen LogP contribution in [0.1, 0.15) is 13.3 Å². The first-order chi connectivity index (χ1) is 7.24. The van der Waals surface area contributed by atoms with Crippen LogP contribution in [0.15, 0.2) is 47.0 Å². The molecule has 0 aromatic heterocycles. The maximum Gasteiger partial charge on any atom is 0.119 e. The molecule has 0 saturated carbocycles. The van der Waals surface area contributed by atoms with Crippen LogP contribution in [0.5, 0.6) is 0 Å². The zero-order valence-corrected chi connectivity index (χ0v) is 11.6. The van der Waals surface area contributed by atoms with Gasteiger partial charge in [0.05, 0.1) is 7.11 Å². The van der Waals surface area contributed by atoms with Crippen molar-refractivity contribution in [2.75, 3.05) is 7.11 Å². The van der Waals surface area contributed by atoms with Gasteiger partial charge in [0.15, 0.2) is 0 Å². The van der Waals surface area contributed by atoms with Crippen LogP contribution in [0, 0.1) is 0 Å². The van der Waals surface area contributed by atoms with Gasteiger partial charge in [0, 0.05) is 48.6 Å². The molecule has 0 aromatic carbocycles. The molecule has 4 heteroatoms. The van der Waals surface area contributed by atoms with Crippen LogP contribution in [-0.2, 0) is 4.74 Å². The molecule has 0 fully saturated rings. The second kappa shape index (κ2) is 4.65. The van der Waals surface area contributed by atoms with Gasteiger partial charge in [-0.05, 0) is 36.3 Å². The van der Waals surface area contributed by atoms with E-state index >= 15 is 0 Å². The molecule has 0 N–H and O–H groups in total. The molecule has 1 heterocycles. The van der Waals surface area contributed by atoms with E-state index in [0.717, 1.165) is 12.2 Å². The third-order valence-electron chi connectivity index (χ3n) is 2.54. The van der Waals surface area contributed by atoms with Gasteiger partial charge in [-0.2, -0.15) is 0 Å². The van der Waals surface area contributed by atoms with E-state index in [9.17, 15) is 0 Å². The summed E-state index contributed by atoms with van der Waals surface area (Å²) in [5.41, 5.74) is 3.95. The zero-order valence-electron chi connectivity index (χ0n) is 8.66. The molecular formula is C11H12INOS. The van der Waals surface area contributed by atoms with Gasteiger partial charge in [0.2, 0.25) is 0 Å². The minimum Gasteiger partial charge on any atom is -0.497 e. The Morgan fingerprint density at radius 1 is 1.47 bits per heavy atom. The van der Waals surface area contributed by atoms with E-state index in [4.69, 9.17) is 4.74 Å². The van der Waals surface area contributed by atoms with Crippen molar-refractivity contribution in [2.24, 2.45) is 0 Å². The van der Waals surface area contributed by atoms with Crippen LogP contribution in [0.3, 0.4) is 0 Å². The monoisotopic (exact) mass is 333 g/mol. The molecule has 1 aliphatic carbocycles. The average Bonchev–Trinajstić information content (AvgIpc) is 2.44. The molecule has 0 amide bonds. The molecule has 0 aromatic rings. The minimum atomic E-state index is 0.924. The Morgan fingerprint density at radius 3 is 2.93 bits per heavy atom. The van der Waals surface area contributed by atoms with Crippen molar-refractivity contribution in [1.29, 1.82) is 0 Å². The van der Waals surface area contributed by atoms with Crippen molar-refractivity contribution in [1.82, 2.24) is 4.31 Å². The first kappa shape index (κ1) is 11.1. The van der Waals surface area contributed by atoms with E-state index in [2.05, 4.69) is 50.8 Å². The van der Waals surface area contributed by atoms with Gasteiger partial charge in [-0.1, -0.05) is 0 Å². The number of methoxy groups -OCH3 is 1. The Balaban J connectivity index is 2.44. The Kier molecular flexibility index (Phi) is 3.45. The molecule has 15 heavy (non-hydrogen) atoms. The Labute approximate surface area is 106 Å². The number of ether oxygens (including phenoxy) is 1. The van der Waals surface area contributed by atoms with E-state index in [0.29, 0.717) is 0 Å². The van der Waals surface area contributed by atoms with Gasteiger partial charge < -0.3 is 4.74 Å². The van der Waals surface area contributed by atoms with Crippen LogP contribution in [0.4, 0.5) is 0 Å². The predicted octanol–water partition coefficient (Wildman–Crippen LogP) is 3.95. The van der Waals surface area contributed by atoms with Gasteiger partial charge in [-0.15, -0.1) is 0 Å². The van der Waals surface area contributed by atoms with E-state index in [1.165, 1.54) is 16.8 Å². The molecule has 80 valence electrons. The van der Waals surface area contributed by atoms with Crippen LogP contribution in [0.25, 0.3) is 0 Å². The number of nitrogens with zero attached hydrogens (tertiary/aromatic N) is 1. The van der Waals surface area contributed by atoms with Crippen LogP contribution in [-0.4, -0.2) is 11.4 Å². The highest BCUT2D eigenvalue weighted by Gasteiger charge is 2.19. The van der Waals surface area contributed by atoms with Crippen molar-refractivity contribution in [3.8, 4) is 0 Å². The lowest BCUT2D eigenvalue weighted by atomic mass is 10.0. The van der Waals surface area contributed by atoms with E-state index in [1.54, 1.807) is 16.2 Å². The third kappa shape index (κ3) is 2.25. The average molecular weight is 333 g/mol. The number of halogens is 1. The maximum absolute atomic E-state index is 5.28. The molecule has 0 unspecified atom stereocenters. The van der Waals surface area contributed by atoms with Crippen LogP contribution < -0.4 is 0 Å². The lowest BCUT2D eigenvalue weighted by molar-refractivity contribution is 0.306. The number of hydrogen-bond acceptors (Lipinski definition) is 3. The first-order valence-electron chi connectivity index (χ1n) is 4.66. The quantitative estimate of drug-likeness (QED) is 0.561. The number of rotatable bonds is 2. The normalized spacial score (nSPS) is 19.8. The van der Waals surface area contributed by atoms with Crippen molar-refractivity contribution in [3.05, 3.63) is 47.0 Å². The maximum atomic E-state index is 5.28. The van der Waals surface area contributed by atoms with Crippen molar-refractivity contribution < 1.29 is 4.74 Å². The topological polar surface area (TPSA) is 12.5 Å². The van der Waals surface area contributed by atoms with Crippen molar-refractivity contribution in [2.45, 2.75) is 13.3 Å². The summed E-state index contributed by atoms with van der Waals surface area (Å²) in [6.07, 6.45) is 9.42. The fraction of sp³-hybridized carbons (Fsp3) is 0.273. The molecule has 1 aliphatic heterocycles. The summed E-state index contributed by atoms with van der Waals surface area (Å²) in [7, 11) is 3.41. The van der Waals surface area contributed by atoms with Gasteiger partial charge in [-0.25, -0.2) is 0 Å². The molecule has 0 spiro atoms. The largest absolute Gasteiger partial charge is 0.497 e. The van der Waals surface area contributed by atoms with Gasteiger partial charge in [0.25, 0.3) is 0 Å². The van der Waals surface area contributed by atoms with Crippen LogP contribution in [0.2, 0.25) is 0 Å². The summed E-state index contributed by atoms with van der Waals surface area (Å²) >= 11 is 2.30. The van der Waals surface area contributed by atoms with Gasteiger partial charge >= 0.3 is 0 Å².